The molecule has 187 valence electrons. The molecule has 0 fully saturated rings. The Hall–Kier alpha value is -4.87. The van der Waals surface area contributed by atoms with Gasteiger partial charge in [-0.2, -0.15) is 10.2 Å². The first-order chi connectivity index (χ1) is 17.5. The van der Waals surface area contributed by atoms with Crippen LogP contribution >= 0.6 is 0 Å². The Morgan fingerprint density at radius 1 is 0.622 bits per heavy atom. The summed E-state index contributed by atoms with van der Waals surface area (Å²) < 4.78 is 0. The first-order valence-electron chi connectivity index (χ1n) is 10.6. The number of aromatic nitrogens is 2. The number of hydrogen-bond donors (Lipinski definition) is 4. The minimum atomic E-state index is -0.472. The Labute approximate surface area is 223 Å². The number of rotatable bonds is 6. The number of carbonyl (C=O) groups excluding carboxylic acids is 2. The van der Waals surface area contributed by atoms with Crippen molar-refractivity contribution in [1.29, 1.82) is 0 Å². The van der Waals surface area contributed by atoms with Gasteiger partial charge in [0.05, 0.1) is 34.9 Å². The van der Waals surface area contributed by atoms with Crippen molar-refractivity contribution in [2.75, 3.05) is 0 Å². The summed E-state index contributed by atoms with van der Waals surface area (Å²) >= 11 is 0. The van der Waals surface area contributed by atoms with Crippen molar-refractivity contribution in [1.82, 2.24) is 20.8 Å². The van der Waals surface area contributed by atoms with E-state index in [4.69, 9.17) is 0 Å². The first kappa shape index (κ1) is 28.4. The number of carbonyl (C=O) groups is 2. The van der Waals surface area contributed by atoms with Crippen LogP contribution in [0.1, 0.15) is 32.1 Å². The average Bonchev–Trinajstić information content (AvgIpc) is 2.91. The van der Waals surface area contributed by atoms with E-state index in [2.05, 4.69) is 31.0 Å². The van der Waals surface area contributed by atoms with Crippen LogP contribution in [0, 0.1) is 0 Å². The molecule has 2 amide bonds. The summed E-state index contributed by atoms with van der Waals surface area (Å²) in [5.41, 5.74) is 6.26. The third-order valence-corrected chi connectivity index (χ3v) is 4.40. The van der Waals surface area contributed by atoms with Crippen LogP contribution in [-0.4, -0.2) is 44.4 Å². The molecule has 0 aliphatic carbocycles. The number of phenols is 2. The summed E-state index contributed by atoms with van der Waals surface area (Å²) in [6, 6.07) is 23.3. The number of pyridine rings is 2. The van der Waals surface area contributed by atoms with E-state index in [-0.39, 0.29) is 39.4 Å². The van der Waals surface area contributed by atoms with Crippen LogP contribution < -0.4 is 10.9 Å². The third kappa shape index (κ3) is 9.36. The SMILES string of the molecule is O=C(NN=Cc1ccccn1)c1ccccc1O.O=C(NN=Cc1ccccn1)c1ccccc1O.[Co+2]. The molecule has 37 heavy (non-hydrogen) atoms. The molecule has 4 N–H and O–H groups in total. The number of para-hydroxylation sites is 2. The van der Waals surface area contributed by atoms with E-state index in [0.717, 1.165) is 0 Å². The number of nitrogens with zero attached hydrogens (tertiary/aromatic N) is 4. The second-order valence-corrected chi connectivity index (χ2v) is 6.94. The molecule has 0 aliphatic rings. The van der Waals surface area contributed by atoms with E-state index in [1.165, 1.54) is 36.7 Å². The van der Waals surface area contributed by atoms with Crippen LogP contribution in [0.5, 0.6) is 11.5 Å². The quantitative estimate of drug-likeness (QED) is 0.218. The number of benzene rings is 2. The minimum absolute atomic E-state index is 0. The van der Waals surface area contributed by atoms with Crippen LogP contribution in [-0.2, 0) is 16.8 Å². The number of hydrazone groups is 2. The third-order valence-electron chi connectivity index (χ3n) is 4.40. The van der Waals surface area contributed by atoms with Gasteiger partial charge in [-0.25, -0.2) is 10.9 Å². The monoisotopic (exact) mass is 541 g/mol. The largest absolute Gasteiger partial charge is 2.00 e. The molecule has 0 atom stereocenters. The molecule has 0 spiro atoms. The number of amides is 2. The van der Waals surface area contributed by atoms with Crippen molar-refractivity contribution < 1.29 is 36.6 Å². The van der Waals surface area contributed by atoms with Crippen LogP contribution in [0.25, 0.3) is 0 Å². The molecule has 2 heterocycles. The number of aromatic hydroxyl groups is 2. The van der Waals surface area contributed by atoms with Gasteiger partial charge in [-0.1, -0.05) is 36.4 Å². The van der Waals surface area contributed by atoms with E-state index >= 15 is 0 Å². The predicted molar refractivity (Wildman–Crippen MR) is 135 cm³/mol. The summed E-state index contributed by atoms with van der Waals surface area (Å²) in [6.45, 7) is 0. The summed E-state index contributed by atoms with van der Waals surface area (Å²) in [5.74, 6) is -1.10. The molecular weight excluding hydrogens is 519 g/mol. The van der Waals surface area contributed by atoms with Crippen LogP contribution in [0.2, 0.25) is 0 Å². The Morgan fingerprint density at radius 3 is 1.35 bits per heavy atom. The number of nitrogens with one attached hydrogen (secondary N) is 2. The maximum atomic E-state index is 11.7. The normalized spacial score (nSPS) is 10.2. The second kappa shape index (κ2) is 15.2. The molecule has 10 nitrogen and oxygen atoms in total. The van der Waals surface area contributed by atoms with Crippen LogP contribution in [0.4, 0.5) is 0 Å². The van der Waals surface area contributed by atoms with Gasteiger partial charge in [-0.15, -0.1) is 0 Å². The molecule has 0 aliphatic heterocycles. The van der Waals surface area contributed by atoms with Gasteiger partial charge in [0.2, 0.25) is 0 Å². The molecule has 2 aromatic heterocycles. The maximum absolute atomic E-state index is 11.7. The molecule has 0 saturated heterocycles. The van der Waals surface area contributed by atoms with Gasteiger partial charge in [-0.3, -0.25) is 19.6 Å². The fourth-order valence-corrected chi connectivity index (χ4v) is 2.67. The van der Waals surface area contributed by atoms with Crippen molar-refractivity contribution in [2.24, 2.45) is 10.2 Å². The van der Waals surface area contributed by atoms with Gasteiger partial charge in [0.15, 0.2) is 0 Å². The minimum Gasteiger partial charge on any atom is -0.507 e. The Morgan fingerprint density at radius 2 is 1.00 bits per heavy atom. The second-order valence-electron chi connectivity index (χ2n) is 6.94. The van der Waals surface area contributed by atoms with Gasteiger partial charge in [0.1, 0.15) is 11.5 Å². The summed E-state index contributed by atoms with van der Waals surface area (Å²) in [6.07, 6.45) is 6.12. The maximum Gasteiger partial charge on any atom is 2.00 e. The van der Waals surface area contributed by atoms with Gasteiger partial charge >= 0.3 is 16.8 Å². The molecule has 0 saturated carbocycles. The van der Waals surface area contributed by atoms with Crippen molar-refractivity contribution in [3.63, 3.8) is 0 Å². The van der Waals surface area contributed by atoms with Gasteiger partial charge < -0.3 is 10.2 Å². The first-order valence-corrected chi connectivity index (χ1v) is 10.6. The summed E-state index contributed by atoms with van der Waals surface area (Å²) in [4.78, 5) is 31.3. The Balaban J connectivity index is 0.000000253. The zero-order chi connectivity index (χ0) is 25.6. The van der Waals surface area contributed by atoms with E-state index in [1.54, 1.807) is 60.9 Å². The Kier molecular flexibility index (Phi) is 11.6. The topological polar surface area (TPSA) is 149 Å². The standard InChI is InChI=1S/2C13H11N3O2.Co/c2*17-12-7-2-1-6-11(12)13(18)16-15-9-10-5-3-4-8-14-10;/h2*1-9,17H,(H,16,18);/q;;+2. The smallest absolute Gasteiger partial charge is 0.507 e. The Bertz CT molecular complexity index is 1250. The van der Waals surface area contributed by atoms with Crippen molar-refractivity contribution in [3.05, 3.63) is 120 Å². The average molecular weight is 541 g/mol. The fourth-order valence-electron chi connectivity index (χ4n) is 2.67. The summed E-state index contributed by atoms with van der Waals surface area (Å²) in [5, 5.41) is 26.5. The van der Waals surface area contributed by atoms with E-state index in [1.807, 2.05) is 12.1 Å². The van der Waals surface area contributed by atoms with Gasteiger partial charge in [-0.05, 0) is 48.5 Å². The van der Waals surface area contributed by atoms with Crippen molar-refractivity contribution >= 4 is 24.2 Å². The van der Waals surface area contributed by atoms with E-state index in [9.17, 15) is 19.8 Å². The van der Waals surface area contributed by atoms with Crippen LogP contribution in [0.3, 0.4) is 0 Å². The van der Waals surface area contributed by atoms with E-state index in [0.29, 0.717) is 11.4 Å². The molecule has 0 unspecified atom stereocenters. The molecular formula is C26H22CoN6O4+2. The van der Waals surface area contributed by atoms with Crippen LogP contribution in [0.15, 0.2) is 108 Å². The molecule has 2 aromatic carbocycles. The molecule has 11 heteroatoms. The fraction of sp³-hybridized carbons (Fsp3) is 0. The van der Waals surface area contributed by atoms with Crippen molar-refractivity contribution in [2.45, 2.75) is 0 Å². The molecule has 4 rings (SSSR count). The van der Waals surface area contributed by atoms with Gasteiger partial charge in [0.25, 0.3) is 11.8 Å². The molecule has 4 aromatic rings. The number of hydrogen-bond acceptors (Lipinski definition) is 8. The zero-order valence-electron chi connectivity index (χ0n) is 19.2. The van der Waals surface area contributed by atoms with Crippen molar-refractivity contribution in [3.8, 4) is 11.5 Å². The van der Waals surface area contributed by atoms with Gasteiger partial charge in [0, 0.05) is 12.4 Å². The molecule has 0 bridgehead atoms. The number of phenolic OH excluding ortho intramolecular Hbond substituents is 2. The van der Waals surface area contributed by atoms with E-state index < -0.39 is 11.8 Å². The predicted octanol–water partition coefficient (Wildman–Crippen LogP) is 3.10. The summed E-state index contributed by atoms with van der Waals surface area (Å²) in [7, 11) is 0. The molecule has 1 radical (unpaired) electrons. The zero-order valence-corrected chi connectivity index (χ0v) is 20.3.